The molecule has 2 atom stereocenters. The van der Waals surface area contributed by atoms with Gasteiger partial charge in [0.1, 0.15) is 5.82 Å². The molecule has 6 heteroatoms. The van der Waals surface area contributed by atoms with Crippen molar-refractivity contribution in [1.29, 1.82) is 0 Å². The van der Waals surface area contributed by atoms with Gasteiger partial charge in [-0.3, -0.25) is 9.69 Å². The second-order valence-electron chi connectivity index (χ2n) is 8.06. The van der Waals surface area contributed by atoms with E-state index in [0.717, 1.165) is 35.7 Å². The third-order valence-corrected chi connectivity index (χ3v) is 5.82. The molecule has 29 heavy (non-hydrogen) atoms. The summed E-state index contributed by atoms with van der Waals surface area (Å²) in [6.45, 7) is 3.64. The Bertz CT molecular complexity index is 812. The molecular weight excluding hydrogens is 389 g/mol. The Morgan fingerprint density at radius 1 is 1.17 bits per heavy atom. The van der Waals surface area contributed by atoms with Crippen LogP contribution in [0.15, 0.2) is 48.5 Å². The minimum Gasteiger partial charge on any atom is -0.355 e. The topological polar surface area (TPSA) is 35.6 Å². The molecule has 3 rings (SSSR count). The van der Waals surface area contributed by atoms with Crippen LogP contribution in [0.3, 0.4) is 0 Å². The van der Waals surface area contributed by atoms with Gasteiger partial charge in [-0.25, -0.2) is 4.39 Å². The van der Waals surface area contributed by atoms with Crippen LogP contribution in [0, 0.1) is 11.7 Å². The van der Waals surface area contributed by atoms with E-state index in [1.807, 2.05) is 55.4 Å². The highest BCUT2D eigenvalue weighted by Gasteiger charge is 2.32. The quantitative estimate of drug-likeness (QED) is 0.745. The fraction of sp³-hybridized carbons (Fsp3) is 0.435. The number of likely N-dealkylation sites (tertiary alicyclic amines) is 1. The number of likely N-dealkylation sites (N-methyl/N-ethyl adjacent to an activating group) is 1. The van der Waals surface area contributed by atoms with Gasteiger partial charge < -0.3 is 10.2 Å². The first-order valence-corrected chi connectivity index (χ1v) is 10.4. The van der Waals surface area contributed by atoms with Crippen LogP contribution in [0.25, 0.3) is 0 Å². The number of nitrogens with zero attached hydrogens (tertiary/aromatic N) is 2. The van der Waals surface area contributed by atoms with Crippen LogP contribution in [0.5, 0.6) is 0 Å². The summed E-state index contributed by atoms with van der Waals surface area (Å²) in [5.41, 5.74) is 2.13. The predicted molar refractivity (Wildman–Crippen MR) is 116 cm³/mol. The van der Waals surface area contributed by atoms with Gasteiger partial charge in [0.25, 0.3) is 0 Å². The van der Waals surface area contributed by atoms with Gasteiger partial charge in [0.05, 0.1) is 5.92 Å². The highest BCUT2D eigenvalue weighted by atomic mass is 35.5. The molecule has 1 aliphatic rings. The summed E-state index contributed by atoms with van der Waals surface area (Å²) in [7, 11) is 3.98. The number of rotatable bonds is 7. The van der Waals surface area contributed by atoms with Gasteiger partial charge in [0.2, 0.25) is 5.91 Å². The smallest absolute Gasteiger partial charge is 0.224 e. The second-order valence-corrected chi connectivity index (χ2v) is 8.47. The summed E-state index contributed by atoms with van der Waals surface area (Å²) in [6.07, 6.45) is 0.762. The van der Waals surface area contributed by atoms with Crippen LogP contribution in [0.4, 0.5) is 4.39 Å². The van der Waals surface area contributed by atoms with Crippen molar-refractivity contribution in [2.45, 2.75) is 18.9 Å². The van der Waals surface area contributed by atoms with E-state index < -0.39 is 0 Å². The van der Waals surface area contributed by atoms with Crippen LogP contribution in [0.2, 0.25) is 5.02 Å². The highest BCUT2D eigenvalue weighted by Crippen LogP contribution is 2.32. The van der Waals surface area contributed by atoms with Crippen molar-refractivity contribution in [1.82, 2.24) is 15.1 Å². The van der Waals surface area contributed by atoms with Crippen LogP contribution in [0.1, 0.15) is 23.5 Å². The number of carbonyl (C=O) groups is 1. The predicted octanol–water partition coefficient (Wildman–Crippen LogP) is 3.76. The number of carbonyl (C=O) groups excluding carboxylic acids is 1. The summed E-state index contributed by atoms with van der Waals surface area (Å²) in [6, 6.07) is 14.5. The molecule has 1 saturated heterocycles. The molecule has 2 aromatic rings. The van der Waals surface area contributed by atoms with Crippen LogP contribution >= 0.6 is 11.6 Å². The van der Waals surface area contributed by atoms with Gasteiger partial charge in [-0.15, -0.1) is 0 Å². The molecule has 2 aromatic carbocycles. The molecule has 0 aromatic heterocycles. The number of hydrogen-bond donors (Lipinski definition) is 1. The highest BCUT2D eigenvalue weighted by molar-refractivity contribution is 6.31. The molecule has 1 fully saturated rings. The van der Waals surface area contributed by atoms with Crippen molar-refractivity contribution < 1.29 is 9.18 Å². The lowest BCUT2D eigenvalue weighted by Gasteiger charge is -2.37. The minimum atomic E-state index is -0.240. The zero-order valence-corrected chi connectivity index (χ0v) is 17.8. The van der Waals surface area contributed by atoms with E-state index in [1.165, 1.54) is 12.1 Å². The zero-order chi connectivity index (χ0) is 20.8. The number of hydrogen-bond acceptors (Lipinski definition) is 3. The van der Waals surface area contributed by atoms with Crippen molar-refractivity contribution in [2.24, 2.45) is 5.92 Å². The van der Waals surface area contributed by atoms with Gasteiger partial charge in [0, 0.05) is 37.7 Å². The lowest BCUT2D eigenvalue weighted by Crippen LogP contribution is -2.46. The summed E-state index contributed by atoms with van der Waals surface area (Å²) in [5.74, 6) is -0.0850. The zero-order valence-electron chi connectivity index (χ0n) is 17.1. The Kier molecular flexibility index (Phi) is 7.64. The molecule has 4 nitrogen and oxygen atoms in total. The van der Waals surface area contributed by atoms with Gasteiger partial charge in [0.15, 0.2) is 0 Å². The molecule has 0 bridgehead atoms. The Balaban J connectivity index is 1.74. The van der Waals surface area contributed by atoms with E-state index in [9.17, 15) is 9.18 Å². The van der Waals surface area contributed by atoms with E-state index in [1.54, 1.807) is 0 Å². The third kappa shape index (κ3) is 6.26. The number of halogens is 2. The number of amides is 1. The molecule has 2 unspecified atom stereocenters. The first kappa shape index (κ1) is 21.8. The van der Waals surface area contributed by atoms with Crippen molar-refractivity contribution >= 4 is 17.5 Å². The molecule has 0 saturated carbocycles. The van der Waals surface area contributed by atoms with Crippen molar-refractivity contribution in [3.8, 4) is 0 Å². The van der Waals surface area contributed by atoms with E-state index >= 15 is 0 Å². The number of benzene rings is 2. The largest absolute Gasteiger partial charge is 0.355 e. The van der Waals surface area contributed by atoms with Crippen molar-refractivity contribution in [2.75, 3.05) is 40.3 Å². The minimum absolute atomic E-state index is 0.0859. The van der Waals surface area contributed by atoms with E-state index in [4.69, 9.17) is 11.6 Å². The van der Waals surface area contributed by atoms with E-state index in [2.05, 4.69) is 10.2 Å². The molecule has 0 radical (unpaired) electrons. The summed E-state index contributed by atoms with van der Waals surface area (Å²) >= 11 is 6.36. The first-order valence-electron chi connectivity index (χ1n) is 10.1. The van der Waals surface area contributed by atoms with Crippen LogP contribution < -0.4 is 5.32 Å². The Labute approximate surface area is 177 Å². The normalized spacial score (nSPS) is 20.0. The lowest BCUT2D eigenvalue weighted by atomic mass is 9.84. The molecular formula is C23H29ClFN3O. The first-order chi connectivity index (χ1) is 13.9. The molecule has 0 spiro atoms. The van der Waals surface area contributed by atoms with Crippen molar-refractivity contribution in [3.63, 3.8) is 0 Å². The lowest BCUT2D eigenvalue weighted by molar-refractivity contribution is -0.127. The maximum atomic E-state index is 13.4. The molecule has 1 N–H and O–H groups in total. The Morgan fingerprint density at radius 2 is 1.90 bits per heavy atom. The summed E-state index contributed by atoms with van der Waals surface area (Å²) < 4.78 is 13.4. The number of piperidine rings is 1. The summed E-state index contributed by atoms with van der Waals surface area (Å²) in [4.78, 5) is 17.2. The molecule has 1 heterocycles. The van der Waals surface area contributed by atoms with E-state index in [-0.39, 0.29) is 23.6 Å². The maximum absolute atomic E-state index is 13.4. The van der Waals surface area contributed by atoms with Crippen LogP contribution in [-0.4, -0.2) is 56.0 Å². The average molecular weight is 418 g/mol. The SMILES string of the molecule is CN(C)CCNC(=O)C1CC(c2ccc(F)cc2)CN(Cc2ccccc2Cl)C1. The molecule has 156 valence electrons. The molecule has 1 aliphatic heterocycles. The van der Waals surface area contributed by atoms with Gasteiger partial charge in [-0.05, 0) is 55.8 Å². The van der Waals surface area contributed by atoms with Gasteiger partial charge >= 0.3 is 0 Å². The van der Waals surface area contributed by atoms with E-state index in [0.29, 0.717) is 19.6 Å². The Hall–Kier alpha value is -1.95. The fourth-order valence-corrected chi connectivity index (χ4v) is 4.10. The fourth-order valence-electron chi connectivity index (χ4n) is 3.90. The van der Waals surface area contributed by atoms with Gasteiger partial charge in [-0.2, -0.15) is 0 Å². The molecule has 0 aliphatic carbocycles. The maximum Gasteiger partial charge on any atom is 0.224 e. The standard InChI is InChI=1S/C23H29ClFN3O/c1-27(2)12-11-26-23(29)20-13-19(17-7-9-21(25)10-8-17)15-28(16-20)14-18-5-3-4-6-22(18)24/h3-10,19-20H,11-16H2,1-2H3,(H,26,29). The van der Waals surface area contributed by atoms with Crippen LogP contribution in [-0.2, 0) is 11.3 Å². The average Bonchev–Trinajstić information content (AvgIpc) is 2.70. The summed E-state index contributed by atoms with van der Waals surface area (Å²) in [5, 5.41) is 3.81. The Morgan fingerprint density at radius 3 is 2.59 bits per heavy atom. The monoisotopic (exact) mass is 417 g/mol. The third-order valence-electron chi connectivity index (χ3n) is 5.45. The van der Waals surface area contributed by atoms with Crippen molar-refractivity contribution in [3.05, 3.63) is 70.5 Å². The molecule has 1 amide bonds. The second kappa shape index (κ2) is 10.2. The van der Waals surface area contributed by atoms with Gasteiger partial charge in [-0.1, -0.05) is 41.9 Å². The number of nitrogens with one attached hydrogen (secondary N) is 1.